The number of H-pyrrole nitrogens is 1. The van der Waals surface area contributed by atoms with Crippen molar-refractivity contribution >= 4 is 22.6 Å². The zero-order chi connectivity index (χ0) is 17.4. The number of fused-ring (bicyclic) bond motifs is 1. The quantitative estimate of drug-likeness (QED) is 0.586. The lowest BCUT2D eigenvalue weighted by Gasteiger charge is -2.23. The average molecular weight is 336 g/mol. The second kappa shape index (κ2) is 6.01. The summed E-state index contributed by atoms with van der Waals surface area (Å²) in [6, 6.07) is 13.5. The van der Waals surface area contributed by atoms with Crippen molar-refractivity contribution in [1.82, 2.24) is 14.9 Å². The van der Waals surface area contributed by atoms with Gasteiger partial charge in [0.25, 0.3) is 11.6 Å². The Balaban J connectivity index is 1.65. The lowest BCUT2D eigenvalue weighted by atomic mass is 10.1. The van der Waals surface area contributed by atoms with E-state index in [2.05, 4.69) is 9.97 Å². The van der Waals surface area contributed by atoms with Crippen LogP contribution in [-0.4, -0.2) is 32.2 Å². The number of carbonyl (C=O) groups excluding carboxylic acids is 1. The molecule has 0 radical (unpaired) electrons. The number of nitro benzene ring substituents is 1. The lowest BCUT2D eigenvalue weighted by Crippen LogP contribution is -2.31. The van der Waals surface area contributed by atoms with Crippen LogP contribution in [0.1, 0.15) is 35.1 Å². The van der Waals surface area contributed by atoms with Gasteiger partial charge in [-0.1, -0.05) is 18.2 Å². The van der Waals surface area contributed by atoms with E-state index in [0.717, 1.165) is 29.7 Å². The first-order chi connectivity index (χ1) is 12.1. The fraction of sp³-hybridized carbons (Fsp3) is 0.222. The fourth-order valence-electron chi connectivity index (χ4n) is 3.34. The molecule has 1 aliphatic rings. The van der Waals surface area contributed by atoms with E-state index < -0.39 is 4.92 Å². The number of aromatic amines is 1. The molecule has 0 aliphatic carbocycles. The topological polar surface area (TPSA) is 92.1 Å². The van der Waals surface area contributed by atoms with Gasteiger partial charge in [0.15, 0.2) is 0 Å². The van der Waals surface area contributed by atoms with Gasteiger partial charge in [-0.15, -0.1) is 0 Å². The minimum Gasteiger partial charge on any atom is -0.340 e. The number of hydrogen-bond acceptors (Lipinski definition) is 4. The third-order valence-electron chi connectivity index (χ3n) is 4.54. The molecule has 0 spiro atoms. The highest BCUT2D eigenvalue weighted by Crippen LogP contribution is 2.33. The van der Waals surface area contributed by atoms with Gasteiger partial charge in [0.2, 0.25) is 0 Å². The molecule has 0 saturated carbocycles. The maximum Gasteiger partial charge on any atom is 0.270 e. The Labute approximate surface area is 143 Å². The molecule has 2 aromatic carbocycles. The third kappa shape index (κ3) is 2.73. The molecule has 7 heteroatoms. The Morgan fingerprint density at radius 2 is 2.08 bits per heavy atom. The number of carbonyl (C=O) groups is 1. The molecule has 0 bridgehead atoms. The highest BCUT2D eigenvalue weighted by molar-refractivity contribution is 5.95. The van der Waals surface area contributed by atoms with Gasteiger partial charge in [-0.05, 0) is 31.0 Å². The summed E-state index contributed by atoms with van der Waals surface area (Å²) in [4.78, 5) is 33.0. The molecule has 1 saturated heterocycles. The molecule has 1 atom stereocenters. The molecular weight excluding hydrogens is 320 g/mol. The largest absolute Gasteiger partial charge is 0.340 e. The summed E-state index contributed by atoms with van der Waals surface area (Å²) in [7, 11) is 0. The number of rotatable bonds is 3. The van der Waals surface area contributed by atoms with Crippen LogP contribution in [0.5, 0.6) is 0 Å². The van der Waals surface area contributed by atoms with E-state index in [-0.39, 0.29) is 17.6 Å². The number of non-ortho nitro benzene ring substituents is 1. The standard InChI is InChI=1S/C18H16N4O3/c23-18(12-5-3-6-13(11-12)22(24)25)21-10-4-9-16(21)17-19-14-7-1-2-8-15(14)20-17/h1-3,5-8,11,16H,4,9-10H2,(H,19,20)/t16-/m1/s1. The molecule has 25 heavy (non-hydrogen) atoms. The van der Waals surface area contributed by atoms with Crippen molar-refractivity contribution in [3.05, 3.63) is 70.0 Å². The molecular formula is C18H16N4O3. The molecule has 1 aromatic heterocycles. The number of aromatic nitrogens is 2. The lowest BCUT2D eigenvalue weighted by molar-refractivity contribution is -0.384. The van der Waals surface area contributed by atoms with Crippen molar-refractivity contribution < 1.29 is 9.72 Å². The van der Waals surface area contributed by atoms with E-state index in [4.69, 9.17) is 0 Å². The number of nitrogens with zero attached hydrogens (tertiary/aromatic N) is 3. The van der Waals surface area contributed by atoms with Crippen molar-refractivity contribution in [2.45, 2.75) is 18.9 Å². The average Bonchev–Trinajstić information content (AvgIpc) is 3.27. The van der Waals surface area contributed by atoms with E-state index in [1.54, 1.807) is 11.0 Å². The van der Waals surface area contributed by atoms with E-state index in [1.165, 1.54) is 18.2 Å². The van der Waals surface area contributed by atoms with Crippen LogP contribution in [0.15, 0.2) is 48.5 Å². The highest BCUT2D eigenvalue weighted by atomic mass is 16.6. The van der Waals surface area contributed by atoms with Crippen LogP contribution in [0, 0.1) is 10.1 Å². The first-order valence-corrected chi connectivity index (χ1v) is 8.13. The van der Waals surface area contributed by atoms with E-state index >= 15 is 0 Å². The van der Waals surface area contributed by atoms with Crippen LogP contribution >= 0.6 is 0 Å². The van der Waals surface area contributed by atoms with Gasteiger partial charge in [0, 0.05) is 24.2 Å². The van der Waals surface area contributed by atoms with Crippen molar-refractivity contribution in [3.63, 3.8) is 0 Å². The van der Waals surface area contributed by atoms with Crippen molar-refractivity contribution in [2.75, 3.05) is 6.54 Å². The third-order valence-corrected chi connectivity index (χ3v) is 4.54. The molecule has 1 aliphatic heterocycles. The Kier molecular flexibility index (Phi) is 3.68. The zero-order valence-corrected chi connectivity index (χ0v) is 13.4. The normalized spacial score (nSPS) is 17.1. The van der Waals surface area contributed by atoms with Gasteiger partial charge in [-0.3, -0.25) is 14.9 Å². The number of nitro groups is 1. The van der Waals surface area contributed by atoms with E-state index in [9.17, 15) is 14.9 Å². The van der Waals surface area contributed by atoms with Crippen molar-refractivity contribution in [1.29, 1.82) is 0 Å². The monoisotopic (exact) mass is 336 g/mol. The fourth-order valence-corrected chi connectivity index (χ4v) is 3.34. The van der Waals surface area contributed by atoms with Gasteiger partial charge in [0.05, 0.1) is 22.0 Å². The second-order valence-corrected chi connectivity index (χ2v) is 6.10. The van der Waals surface area contributed by atoms with Gasteiger partial charge >= 0.3 is 0 Å². The molecule has 1 amide bonds. The summed E-state index contributed by atoms with van der Waals surface area (Å²) in [5, 5.41) is 10.9. The number of imidazole rings is 1. The number of hydrogen-bond donors (Lipinski definition) is 1. The van der Waals surface area contributed by atoms with Crippen LogP contribution in [-0.2, 0) is 0 Å². The maximum absolute atomic E-state index is 12.9. The van der Waals surface area contributed by atoms with Crippen LogP contribution in [0.4, 0.5) is 5.69 Å². The number of likely N-dealkylation sites (tertiary alicyclic amines) is 1. The molecule has 0 unspecified atom stereocenters. The minimum atomic E-state index is -0.489. The zero-order valence-electron chi connectivity index (χ0n) is 13.4. The second-order valence-electron chi connectivity index (χ2n) is 6.10. The number of nitrogens with one attached hydrogen (secondary N) is 1. The van der Waals surface area contributed by atoms with Gasteiger partial charge in [-0.2, -0.15) is 0 Å². The van der Waals surface area contributed by atoms with Crippen LogP contribution in [0.3, 0.4) is 0 Å². The van der Waals surface area contributed by atoms with Gasteiger partial charge < -0.3 is 9.88 Å². The molecule has 2 heterocycles. The SMILES string of the molecule is O=C(c1cccc([N+](=O)[O-])c1)N1CCC[C@@H]1c1nc2ccccc2[nH]1. The molecule has 4 rings (SSSR count). The number of benzene rings is 2. The minimum absolute atomic E-state index is 0.0784. The Bertz CT molecular complexity index is 933. The van der Waals surface area contributed by atoms with Gasteiger partial charge in [-0.25, -0.2) is 4.98 Å². The summed E-state index contributed by atoms with van der Waals surface area (Å²) in [5.41, 5.74) is 2.06. The first kappa shape index (κ1) is 15.3. The van der Waals surface area contributed by atoms with Gasteiger partial charge in [0.1, 0.15) is 5.82 Å². The highest BCUT2D eigenvalue weighted by Gasteiger charge is 2.33. The molecule has 1 fully saturated rings. The van der Waals surface area contributed by atoms with E-state index in [0.29, 0.717) is 12.1 Å². The van der Waals surface area contributed by atoms with Crippen molar-refractivity contribution in [3.8, 4) is 0 Å². The summed E-state index contributed by atoms with van der Waals surface area (Å²) in [6.45, 7) is 0.614. The predicted molar refractivity (Wildman–Crippen MR) is 92.2 cm³/mol. The van der Waals surface area contributed by atoms with Crippen LogP contribution in [0.25, 0.3) is 11.0 Å². The molecule has 7 nitrogen and oxygen atoms in total. The molecule has 126 valence electrons. The Morgan fingerprint density at radius 1 is 1.24 bits per heavy atom. The Hall–Kier alpha value is -3.22. The predicted octanol–water partition coefficient (Wildman–Crippen LogP) is 3.45. The summed E-state index contributed by atoms with van der Waals surface area (Å²) < 4.78 is 0. The number of para-hydroxylation sites is 2. The maximum atomic E-state index is 12.9. The first-order valence-electron chi connectivity index (χ1n) is 8.13. The number of amides is 1. The summed E-state index contributed by atoms with van der Waals surface area (Å²) in [6.07, 6.45) is 1.70. The molecule has 3 aromatic rings. The van der Waals surface area contributed by atoms with E-state index in [1.807, 2.05) is 24.3 Å². The molecule has 1 N–H and O–H groups in total. The van der Waals surface area contributed by atoms with Crippen LogP contribution in [0.2, 0.25) is 0 Å². The summed E-state index contributed by atoms with van der Waals surface area (Å²) >= 11 is 0. The van der Waals surface area contributed by atoms with Crippen molar-refractivity contribution in [2.24, 2.45) is 0 Å². The van der Waals surface area contributed by atoms with Crippen LogP contribution < -0.4 is 0 Å². The summed E-state index contributed by atoms with van der Waals surface area (Å²) in [5.74, 6) is 0.559. The smallest absolute Gasteiger partial charge is 0.270 e. The Morgan fingerprint density at radius 3 is 2.88 bits per heavy atom.